The zero-order chi connectivity index (χ0) is 21.8. The molecular formula is C24H34N4O2. The van der Waals surface area contributed by atoms with Gasteiger partial charge < -0.3 is 9.30 Å². The molecule has 162 valence electrons. The first-order valence-corrected chi connectivity index (χ1v) is 10.8. The lowest BCUT2D eigenvalue weighted by atomic mass is 10.1. The highest BCUT2D eigenvalue weighted by atomic mass is 16.5. The number of nitrogens with one attached hydrogen (secondary N) is 1. The van der Waals surface area contributed by atoms with Crippen molar-refractivity contribution in [1.82, 2.24) is 19.7 Å². The molecular weight excluding hydrogens is 376 g/mol. The monoisotopic (exact) mass is 410 g/mol. The van der Waals surface area contributed by atoms with E-state index in [1.54, 1.807) is 7.11 Å². The molecule has 1 N–H and O–H groups in total. The molecule has 0 spiro atoms. The summed E-state index contributed by atoms with van der Waals surface area (Å²) in [5.41, 5.74) is 3.62. The van der Waals surface area contributed by atoms with Gasteiger partial charge in [-0.2, -0.15) is 5.10 Å². The standard InChI is InChI=1S/C24H34N4O2/c1-7-27-21-11-10-18(9-8-13-28(16(2)3)17(4)5)15-19(21)23-22(24(27)29)20(25-26-23)12-14-30-6/h8-11,15-17H,7,12-14H2,1-6H3,(H,25,26). The van der Waals surface area contributed by atoms with E-state index < -0.39 is 0 Å². The fraction of sp³-hybridized carbons (Fsp3) is 0.500. The average molecular weight is 411 g/mol. The van der Waals surface area contributed by atoms with Crippen LogP contribution in [0.15, 0.2) is 29.1 Å². The number of methoxy groups -OCH3 is 1. The molecule has 1 aromatic carbocycles. The van der Waals surface area contributed by atoms with Crippen molar-refractivity contribution in [2.45, 2.75) is 59.7 Å². The molecule has 2 heterocycles. The van der Waals surface area contributed by atoms with Gasteiger partial charge in [0.25, 0.3) is 5.56 Å². The third-order valence-electron chi connectivity index (χ3n) is 5.69. The summed E-state index contributed by atoms with van der Waals surface area (Å²) in [6.07, 6.45) is 5.00. The number of pyridine rings is 1. The van der Waals surface area contributed by atoms with Crippen LogP contribution in [0.4, 0.5) is 0 Å². The third kappa shape index (κ3) is 4.35. The minimum absolute atomic E-state index is 0.00709. The lowest BCUT2D eigenvalue weighted by Gasteiger charge is -2.29. The van der Waals surface area contributed by atoms with E-state index in [1.165, 1.54) is 0 Å². The molecule has 0 radical (unpaired) electrons. The van der Waals surface area contributed by atoms with Crippen LogP contribution in [0.2, 0.25) is 0 Å². The normalized spacial score (nSPS) is 12.6. The average Bonchev–Trinajstić information content (AvgIpc) is 3.14. The van der Waals surface area contributed by atoms with Crippen LogP contribution >= 0.6 is 0 Å². The summed E-state index contributed by atoms with van der Waals surface area (Å²) in [6, 6.07) is 7.24. The maximum absolute atomic E-state index is 13.1. The molecule has 3 aromatic rings. The smallest absolute Gasteiger partial charge is 0.262 e. The highest BCUT2D eigenvalue weighted by Crippen LogP contribution is 2.25. The molecule has 0 bridgehead atoms. The van der Waals surface area contributed by atoms with E-state index in [9.17, 15) is 4.79 Å². The minimum atomic E-state index is 0.00709. The Bertz CT molecular complexity index is 1080. The third-order valence-corrected chi connectivity index (χ3v) is 5.69. The summed E-state index contributed by atoms with van der Waals surface area (Å²) in [6.45, 7) is 13.0. The van der Waals surface area contributed by atoms with E-state index in [-0.39, 0.29) is 5.56 Å². The van der Waals surface area contributed by atoms with Crippen molar-refractivity contribution < 1.29 is 4.74 Å². The number of nitrogens with zero attached hydrogens (tertiary/aromatic N) is 3. The van der Waals surface area contributed by atoms with Gasteiger partial charge in [-0.3, -0.25) is 14.8 Å². The number of ether oxygens (including phenoxy) is 1. The molecule has 6 nitrogen and oxygen atoms in total. The van der Waals surface area contributed by atoms with Crippen LogP contribution in [0.3, 0.4) is 0 Å². The maximum atomic E-state index is 13.1. The Balaban J connectivity index is 2.05. The van der Waals surface area contributed by atoms with Crippen molar-refractivity contribution in [2.24, 2.45) is 0 Å². The number of fused-ring (bicyclic) bond motifs is 3. The summed E-state index contributed by atoms with van der Waals surface area (Å²) in [4.78, 5) is 15.6. The first-order valence-electron chi connectivity index (χ1n) is 10.8. The second-order valence-electron chi connectivity index (χ2n) is 8.28. The molecule has 0 saturated heterocycles. The number of H-pyrrole nitrogens is 1. The van der Waals surface area contributed by atoms with Gasteiger partial charge in [0.2, 0.25) is 0 Å². The SMILES string of the molecule is CCn1c(=O)c2c(CCOC)[nH]nc2c2cc(C=CCN(C(C)C)C(C)C)ccc21. The van der Waals surface area contributed by atoms with Crippen molar-refractivity contribution in [3.8, 4) is 0 Å². The van der Waals surface area contributed by atoms with Crippen molar-refractivity contribution in [1.29, 1.82) is 0 Å². The first-order chi connectivity index (χ1) is 14.4. The van der Waals surface area contributed by atoms with Gasteiger partial charge in [0.05, 0.1) is 23.2 Å². The van der Waals surface area contributed by atoms with E-state index in [2.05, 4.69) is 67.1 Å². The van der Waals surface area contributed by atoms with E-state index in [1.807, 2.05) is 17.6 Å². The molecule has 6 heteroatoms. The van der Waals surface area contributed by atoms with Gasteiger partial charge in [-0.15, -0.1) is 0 Å². The lowest BCUT2D eigenvalue weighted by Crippen LogP contribution is -2.36. The zero-order valence-corrected chi connectivity index (χ0v) is 19.0. The van der Waals surface area contributed by atoms with E-state index in [0.717, 1.165) is 34.2 Å². The summed E-state index contributed by atoms with van der Waals surface area (Å²) in [5, 5.41) is 9.25. The Morgan fingerprint density at radius 3 is 2.60 bits per heavy atom. The predicted molar refractivity (Wildman–Crippen MR) is 125 cm³/mol. The number of aryl methyl sites for hydroxylation is 1. The second-order valence-corrected chi connectivity index (χ2v) is 8.28. The molecule has 2 aromatic heterocycles. The molecule has 30 heavy (non-hydrogen) atoms. The Kier molecular flexibility index (Phi) is 7.10. The van der Waals surface area contributed by atoms with Crippen molar-refractivity contribution in [3.05, 3.63) is 45.9 Å². The molecule has 3 rings (SSSR count). The van der Waals surface area contributed by atoms with Crippen LogP contribution in [0.5, 0.6) is 0 Å². The van der Waals surface area contributed by atoms with Gasteiger partial charge in [-0.1, -0.05) is 18.2 Å². The summed E-state index contributed by atoms with van der Waals surface area (Å²) in [5.74, 6) is 0. The summed E-state index contributed by atoms with van der Waals surface area (Å²) < 4.78 is 7.02. The Morgan fingerprint density at radius 1 is 1.23 bits per heavy atom. The minimum Gasteiger partial charge on any atom is -0.384 e. The predicted octanol–water partition coefficient (Wildman–Crippen LogP) is 4.22. The maximum Gasteiger partial charge on any atom is 0.262 e. The number of benzene rings is 1. The van der Waals surface area contributed by atoms with Crippen LogP contribution < -0.4 is 5.56 Å². The van der Waals surface area contributed by atoms with E-state index in [0.29, 0.717) is 37.0 Å². The number of aromatic nitrogens is 3. The highest BCUT2D eigenvalue weighted by Gasteiger charge is 2.16. The summed E-state index contributed by atoms with van der Waals surface area (Å²) >= 11 is 0. The van der Waals surface area contributed by atoms with Gasteiger partial charge in [-0.25, -0.2) is 0 Å². The lowest BCUT2D eigenvalue weighted by molar-refractivity contribution is 0.196. The largest absolute Gasteiger partial charge is 0.384 e. The Hall–Kier alpha value is -2.44. The van der Waals surface area contributed by atoms with Gasteiger partial charge in [0.1, 0.15) is 5.52 Å². The van der Waals surface area contributed by atoms with Crippen LogP contribution in [-0.4, -0.2) is 52.0 Å². The van der Waals surface area contributed by atoms with Gasteiger partial charge in [0.15, 0.2) is 0 Å². The van der Waals surface area contributed by atoms with Crippen LogP contribution in [0.25, 0.3) is 27.9 Å². The molecule has 0 aliphatic heterocycles. The van der Waals surface area contributed by atoms with Crippen LogP contribution in [0.1, 0.15) is 45.9 Å². The van der Waals surface area contributed by atoms with Crippen molar-refractivity contribution in [2.75, 3.05) is 20.3 Å². The van der Waals surface area contributed by atoms with E-state index >= 15 is 0 Å². The Labute approximate surface area is 178 Å². The van der Waals surface area contributed by atoms with Crippen LogP contribution in [0, 0.1) is 0 Å². The molecule has 0 aliphatic rings. The molecule has 0 fully saturated rings. The molecule has 0 saturated carbocycles. The topological polar surface area (TPSA) is 63.1 Å². The molecule has 0 amide bonds. The summed E-state index contributed by atoms with van der Waals surface area (Å²) in [7, 11) is 1.66. The first kappa shape index (κ1) is 22.2. The number of aromatic amines is 1. The quantitative estimate of drug-likeness (QED) is 0.574. The number of hydrogen-bond acceptors (Lipinski definition) is 4. The van der Waals surface area contributed by atoms with Crippen molar-refractivity contribution >= 4 is 27.9 Å². The van der Waals surface area contributed by atoms with E-state index in [4.69, 9.17) is 4.74 Å². The number of rotatable bonds is 9. The van der Waals surface area contributed by atoms with Gasteiger partial charge in [0, 0.05) is 44.1 Å². The Morgan fingerprint density at radius 2 is 1.97 bits per heavy atom. The fourth-order valence-electron chi connectivity index (χ4n) is 4.16. The second kappa shape index (κ2) is 9.58. The van der Waals surface area contributed by atoms with Crippen molar-refractivity contribution in [3.63, 3.8) is 0 Å². The highest BCUT2D eigenvalue weighted by molar-refractivity contribution is 6.04. The zero-order valence-electron chi connectivity index (χ0n) is 19.0. The molecule has 0 aliphatic carbocycles. The molecule has 0 atom stereocenters. The van der Waals surface area contributed by atoms with Gasteiger partial charge >= 0.3 is 0 Å². The number of hydrogen-bond donors (Lipinski definition) is 1. The molecule has 0 unspecified atom stereocenters. The van der Waals surface area contributed by atoms with Crippen LogP contribution in [-0.2, 0) is 17.7 Å². The fourth-order valence-corrected chi connectivity index (χ4v) is 4.16. The van der Waals surface area contributed by atoms with Gasteiger partial charge in [-0.05, 0) is 52.3 Å².